The van der Waals surface area contributed by atoms with Crippen LogP contribution in [-0.4, -0.2) is 10.7 Å². The molecule has 0 bridgehead atoms. The average Bonchev–Trinajstić information content (AvgIpc) is 2.79. The molecular weight excluding hydrogens is 188 g/mol. The predicted octanol–water partition coefficient (Wildman–Crippen LogP) is 2.94. The quantitative estimate of drug-likeness (QED) is 0.751. The van der Waals surface area contributed by atoms with Crippen molar-refractivity contribution in [2.75, 3.05) is 0 Å². The molecule has 2 unspecified atom stereocenters. The Morgan fingerprint density at radius 1 is 1.67 bits per heavy atom. The Morgan fingerprint density at radius 2 is 2.40 bits per heavy atom. The largest absolute Gasteiger partial charge is 0.469 e. The van der Waals surface area contributed by atoms with Gasteiger partial charge in [0.2, 0.25) is 0 Å². The third-order valence-electron chi connectivity index (χ3n) is 2.87. The highest BCUT2D eigenvalue weighted by Crippen LogP contribution is 2.26. The predicted molar refractivity (Wildman–Crippen MR) is 60.4 cm³/mol. The third kappa shape index (κ3) is 3.14. The molecular formula is C13H18O2. The highest BCUT2D eigenvalue weighted by Gasteiger charge is 2.22. The lowest BCUT2D eigenvalue weighted by atomic mass is 9.90. The molecule has 0 spiro atoms. The van der Waals surface area contributed by atoms with Crippen LogP contribution >= 0.6 is 0 Å². The summed E-state index contributed by atoms with van der Waals surface area (Å²) >= 11 is 0. The number of rotatable bonds is 5. The highest BCUT2D eigenvalue weighted by molar-refractivity contribution is 5.09. The minimum absolute atomic E-state index is 0.298. The Morgan fingerprint density at radius 3 is 2.87 bits per heavy atom. The monoisotopic (exact) mass is 206 g/mol. The first-order valence-electron chi connectivity index (χ1n) is 5.35. The lowest BCUT2D eigenvalue weighted by molar-refractivity contribution is 0.0830. The van der Waals surface area contributed by atoms with E-state index in [-0.39, 0.29) is 0 Å². The van der Waals surface area contributed by atoms with Crippen LogP contribution in [0.25, 0.3) is 0 Å². The number of aliphatic hydroxyl groups is 1. The van der Waals surface area contributed by atoms with Crippen LogP contribution < -0.4 is 0 Å². The fourth-order valence-electron chi connectivity index (χ4n) is 1.52. The lowest BCUT2D eigenvalue weighted by Crippen LogP contribution is -2.25. The highest BCUT2D eigenvalue weighted by atomic mass is 16.3. The first-order valence-corrected chi connectivity index (χ1v) is 5.35. The van der Waals surface area contributed by atoms with Crippen molar-refractivity contribution in [1.29, 1.82) is 0 Å². The maximum atomic E-state index is 9.91. The number of terminal acetylenes is 1. The van der Waals surface area contributed by atoms with Gasteiger partial charge in [0.15, 0.2) is 0 Å². The van der Waals surface area contributed by atoms with E-state index >= 15 is 0 Å². The molecule has 2 nitrogen and oxygen atoms in total. The van der Waals surface area contributed by atoms with Gasteiger partial charge >= 0.3 is 0 Å². The molecule has 1 aromatic heterocycles. The fourth-order valence-corrected chi connectivity index (χ4v) is 1.52. The molecule has 2 heteroatoms. The van der Waals surface area contributed by atoms with Crippen LogP contribution in [0.4, 0.5) is 0 Å². The zero-order chi connectivity index (χ0) is 11.3. The number of hydrogen-bond donors (Lipinski definition) is 1. The normalized spacial score (nSPS) is 16.7. The van der Waals surface area contributed by atoms with Crippen LogP contribution in [0.3, 0.4) is 0 Å². The summed E-state index contributed by atoms with van der Waals surface area (Å²) in [6.07, 6.45) is 9.00. The van der Waals surface area contributed by atoms with Crippen molar-refractivity contribution < 1.29 is 9.52 Å². The first-order chi connectivity index (χ1) is 7.11. The van der Waals surface area contributed by atoms with Gasteiger partial charge in [-0.15, -0.1) is 6.42 Å². The van der Waals surface area contributed by atoms with Crippen LogP contribution in [0.15, 0.2) is 22.8 Å². The maximum absolute atomic E-state index is 9.91. The Labute approximate surface area is 91.3 Å². The summed E-state index contributed by atoms with van der Waals surface area (Å²) in [5, 5.41) is 9.91. The van der Waals surface area contributed by atoms with E-state index in [9.17, 15) is 5.11 Å². The molecule has 82 valence electrons. The minimum atomic E-state index is -0.957. The van der Waals surface area contributed by atoms with Gasteiger partial charge in [-0.2, -0.15) is 0 Å². The SMILES string of the molecule is C#CC(O)(CC)CCC(C)c1ccco1. The Bertz CT molecular complexity index is 321. The lowest BCUT2D eigenvalue weighted by Gasteiger charge is -2.21. The van der Waals surface area contributed by atoms with Crippen molar-refractivity contribution in [3.8, 4) is 12.3 Å². The molecule has 0 aromatic carbocycles. The van der Waals surface area contributed by atoms with Crippen molar-refractivity contribution >= 4 is 0 Å². The Balaban J connectivity index is 2.48. The second kappa shape index (κ2) is 5.04. The van der Waals surface area contributed by atoms with Gasteiger partial charge in [0, 0.05) is 5.92 Å². The molecule has 0 radical (unpaired) electrons. The van der Waals surface area contributed by atoms with Gasteiger partial charge in [0.05, 0.1) is 6.26 Å². The van der Waals surface area contributed by atoms with E-state index in [0.29, 0.717) is 18.8 Å². The Hall–Kier alpha value is -1.20. The number of hydrogen-bond acceptors (Lipinski definition) is 2. The summed E-state index contributed by atoms with van der Waals surface area (Å²) in [7, 11) is 0. The second-order valence-corrected chi connectivity index (χ2v) is 3.98. The van der Waals surface area contributed by atoms with Crippen molar-refractivity contribution in [2.45, 2.75) is 44.6 Å². The van der Waals surface area contributed by atoms with E-state index in [1.54, 1.807) is 6.26 Å². The molecule has 0 aliphatic heterocycles. The van der Waals surface area contributed by atoms with Crippen molar-refractivity contribution in [3.05, 3.63) is 24.2 Å². The van der Waals surface area contributed by atoms with E-state index < -0.39 is 5.60 Å². The number of furan rings is 1. The van der Waals surface area contributed by atoms with Gasteiger partial charge < -0.3 is 9.52 Å². The van der Waals surface area contributed by atoms with Gasteiger partial charge in [-0.1, -0.05) is 19.8 Å². The van der Waals surface area contributed by atoms with Crippen molar-refractivity contribution in [1.82, 2.24) is 0 Å². The van der Waals surface area contributed by atoms with Crippen LogP contribution in [-0.2, 0) is 0 Å². The van der Waals surface area contributed by atoms with E-state index in [0.717, 1.165) is 12.2 Å². The summed E-state index contributed by atoms with van der Waals surface area (Å²) in [5.41, 5.74) is -0.957. The summed E-state index contributed by atoms with van der Waals surface area (Å²) in [6.45, 7) is 3.98. The molecule has 0 aliphatic carbocycles. The fraction of sp³-hybridized carbons (Fsp3) is 0.538. The van der Waals surface area contributed by atoms with Gasteiger partial charge in [-0.05, 0) is 31.4 Å². The molecule has 1 N–H and O–H groups in total. The molecule has 1 aromatic rings. The van der Waals surface area contributed by atoms with Crippen LogP contribution in [0, 0.1) is 12.3 Å². The van der Waals surface area contributed by atoms with Gasteiger partial charge in [0.1, 0.15) is 11.4 Å². The van der Waals surface area contributed by atoms with Crippen molar-refractivity contribution in [3.63, 3.8) is 0 Å². The first kappa shape index (κ1) is 11.9. The van der Waals surface area contributed by atoms with E-state index in [1.807, 2.05) is 19.1 Å². The van der Waals surface area contributed by atoms with E-state index in [2.05, 4.69) is 12.8 Å². The standard InChI is InChI=1S/C13H18O2/c1-4-13(14,5-2)9-8-11(3)12-7-6-10-15-12/h1,6-7,10-11,14H,5,8-9H2,2-3H3. The molecule has 1 heterocycles. The molecule has 15 heavy (non-hydrogen) atoms. The van der Waals surface area contributed by atoms with E-state index in [4.69, 9.17) is 10.8 Å². The van der Waals surface area contributed by atoms with Crippen molar-refractivity contribution in [2.24, 2.45) is 0 Å². The van der Waals surface area contributed by atoms with Crippen LogP contribution in [0.5, 0.6) is 0 Å². The van der Waals surface area contributed by atoms with Gasteiger partial charge in [-0.3, -0.25) is 0 Å². The average molecular weight is 206 g/mol. The summed E-state index contributed by atoms with van der Waals surface area (Å²) in [5.74, 6) is 3.70. The summed E-state index contributed by atoms with van der Waals surface area (Å²) in [4.78, 5) is 0. The minimum Gasteiger partial charge on any atom is -0.469 e. The summed E-state index contributed by atoms with van der Waals surface area (Å²) < 4.78 is 5.29. The van der Waals surface area contributed by atoms with Crippen LogP contribution in [0.2, 0.25) is 0 Å². The molecule has 2 atom stereocenters. The molecule has 0 saturated heterocycles. The third-order valence-corrected chi connectivity index (χ3v) is 2.87. The molecule has 1 rings (SSSR count). The zero-order valence-corrected chi connectivity index (χ0v) is 9.36. The molecule has 0 aliphatic rings. The smallest absolute Gasteiger partial charge is 0.125 e. The topological polar surface area (TPSA) is 33.4 Å². The molecule has 0 fully saturated rings. The molecule has 0 saturated carbocycles. The van der Waals surface area contributed by atoms with Gasteiger partial charge in [-0.25, -0.2) is 0 Å². The van der Waals surface area contributed by atoms with Gasteiger partial charge in [0.25, 0.3) is 0 Å². The molecule has 0 amide bonds. The zero-order valence-electron chi connectivity index (χ0n) is 9.36. The maximum Gasteiger partial charge on any atom is 0.125 e. The van der Waals surface area contributed by atoms with E-state index in [1.165, 1.54) is 0 Å². The summed E-state index contributed by atoms with van der Waals surface area (Å²) in [6, 6.07) is 3.82. The Kier molecular flexibility index (Phi) is 3.99. The second-order valence-electron chi connectivity index (χ2n) is 3.98. The van der Waals surface area contributed by atoms with Crippen LogP contribution in [0.1, 0.15) is 44.8 Å².